The minimum atomic E-state index is -1.05. The van der Waals surface area contributed by atoms with Crippen molar-refractivity contribution in [2.24, 2.45) is 0 Å². The molecule has 0 saturated heterocycles. The van der Waals surface area contributed by atoms with E-state index in [1.165, 1.54) is 0 Å². The summed E-state index contributed by atoms with van der Waals surface area (Å²) in [4.78, 5) is 24.4. The molecule has 0 aliphatic carbocycles. The van der Waals surface area contributed by atoms with E-state index in [4.69, 9.17) is 14.2 Å². The van der Waals surface area contributed by atoms with Crippen LogP contribution in [0.15, 0.2) is 66.4 Å². The molecule has 2 heterocycles. The van der Waals surface area contributed by atoms with E-state index in [1.807, 2.05) is 41.9 Å². The summed E-state index contributed by atoms with van der Waals surface area (Å²) in [6.45, 7) is 5.32. The average molecular weight is 597 g/mol. The van der Waals surface area contributed by atoms with Gasteiger partial charge in [0.25, 0.3) is 0 Å². The molecule has 9 heteroatoms. The second-order valence-electron chi connectivity index (χ2n) is 10.8. The SMILES string of the molecule is CCCCn1ncc(/C=C(\Cc2cc3c(cc2OC)CCO3)C(=O)O)c1-c1ccc(C)cc1OCc1ccccc1C(=O)O. The number of aromatic carboxylic acids is 1. The van der Waals surface area contributed by atoms with Crippen LogP contribution in [0.25, 0.3) is 17.3 Å². The lowest BCUT2D eigenvalue weighted by molar-refractivity contribution is -0.132. The predicted molar refractivity (Wildman–Crippen MR) is 167 cm³/mol. The Bertz CT molecular complexity index is 1720. The van der Waals surface area contributed by atoms with Crippen molar-refractivity contribution in [1.82, 2.24) is 9.78 Å². The Labute approximate surface area is 256 Å². The Balaban J connectivity index is 1.56. The highest BCUT2D eigenvalue weighted by Gasteiger charge is 2.22. The number of carbonyl (C=O) groups is 2. The summed E-state index contributed by atoms with van der Waals surface area (Å²) in [6.07, 6.45) is 6.08. The molecule has 5 rings (SSSR count). The Hall–Kier alpha value is -5.05. The van der Waals surface area contributed by atoms with Crippen molar-refractivity contribution in [3.05, 3.63) is 99.7 Å². The maximum absolute atomic E-state index is 12.6. The first-order valence-corrected chi connectivity index (χ1v) is 14.7. The fourth-order valence-corrected chi connectivity index (χ4v) is 5.39. The van der Waals surface area contributed by atoms with Crippen LogP contribution >= 0.6 is 0 Å². The number of hydrogen-bond acceptors (Lipinski definition) is 6. The van der Waals surface area contributed by atoms with Gasteiger partial charge in [0.05, 0.1) is 31.2 Å². The first-order valence-electron chi connectivity index (χ1n) is 14.7. The number of fused-ring (bicyclic) bond motifs is 1. The van der Waals surface area contributed by atoms with Crippen LogP contribution in [0.2, 0.25) is 0 Å². The topological polar surface area (TPSA) is 120 Å². The number of methoxy groups -OCH3 is 1. The van der Waals surface area contributed by atoms with Gasteiger partial charge < -0.3 is 24.4 Å². The Kier molecular flexibility index (Phi) is 9.33. The zero-order valence-corrected chi connectivity index (χ0v) is 25.1. The molecule has 1 aromatic heterocycles. The van der Waals surface area contributed by atoms with Gasteiger partial charge in [-0.2, -0.15) is 5.10 Å². The summed E-state index contributed by atoms with van der Waals surface area (Å²) in [5, 5.41) is 24.6. The van der Waals surface area contributed by atoms with E-state index in [9.17, 15) is 19.8 Å². The lowest BCUT2D eigenvalue weighted by Crippen LogP contribution is -2.08. The Morgan fingerprint density at radius 2 is 1.89 bits per heavy atom. The van der Waals surface area contributed by atoms with Crippen LogP contribution in [0.1, 0.15) is 57.9 Å². The van der Waals surface area contributed by atoms with Crippen LogP contribution < -0.4 is 14.2 Å². The van der Waals surface area contributed by atoms with E-state index in [-0.39, 0.29) is 24.2 Å². The molecule has 0 spiro atoms. The molecule has 0 unspecified atom stereocenters. The fraction of sp³-hybridized carbons (Fsp3) is 0.286. The van der Waals surface area contributed by atoms with Crippen LogP contribution in [0.4, 0.5) is 0 Å². The number of carboxylic acids is 2. The molecule has 2 N–H and O–H groups in total. The molecule has 44 heavy (non-hydrogen) atoms. The number of carboxylic acid groups (broad SMARTS) is 2. The molecule has 0 atom stereocenters. The van der Waals surface area contributed by atoms with Gasteiger partial charge >= 0.3 is 11.9 Å². The normalized spacial score (nSPS) is 12.5. The quantitative estimate of drug-likeness (QED) is 0.166. The second-order valence-corrected chi connectivity index (χ2v) is 10.8. The molecule has 3 aromatic carbocycles. The van der Waals surface area contributed by atoms with Crippen molar-refractivity contribution < 1.29 is 34.0 Å². The smallest absolute Gasteiger partial charge is 0.336 e. The number of aliphatic carboxylic acids is 1. The highest BCUT2D eigenvalue weighted by Crippen LogP contribution is 2.37. The van der Waals surface area contributed by atoms with E-state index in [0.717, 1.165) is 53.0 Å². The monoisotopic (exact) mass is 596 g/mol. The first kappa shape index (κ1) is 30.4. The molecule has 1 aliphatic rings. The van der Waals surface area contributed by atoms with Crippen LogP contribution in [0, 0.1) is 6.92 Å². The number of benzene rings is 3. The molecule has 1 aliphatic heterocycles. The maximum atomic E-state index is 12.6. The van der Waals surface area contributed by atoms with Gasteiger partial charge in [-0.3, -0.25) is 4.68 Å². The van der Waals surface area contributed by atoms with Gasteiger partial charge in [-0.15, -0.1) is 0 Å². The lowest BCUT2D eigenvalue weighted by Gasteiger charge is -2.16. The van der Waals surface area contributed by atoms with Gasteiger partial charge in [-0.1, -0.05) is 37.6 Å². The average Bonchev–Trinajstić information content (AvgIpc) is 3.64. The molecule has 0 amide bonds. The van der Waals surface area contributed by atoms with E-state index >= 15 is 0 Å². The molecular formula is C35H36N2O7. The number of nitrogens with zero attached hydrogens (tertiary/aromatic N) is 2. The molecule has 0 saturated carbocycles. The van der Waals surface area contributed by atoms with E-state index in [1.54, 1.807) is 43.6 Å². The third kappa shape index (κ3) is 6.62. The molecule has 0 radical (unpaired) electrons. The van der Waals surface area contributed by atoms with Crippen LogP contribution in [0.5, 0.6) is 17.2 Å². The molecule has 228 valence electrons. The highest BCUT2D eigenvalue weighted by atomic mass is 16.5. The molecule has 4 aromatic rings. The fourth-order valence-electron chi connectivity index (χ4n) is 5.39. The van der Waals surface area contributed by atoms with Gasteiger partial charge in [-0.25, -0.2) is 9.59 Å². The van der Waals surface area contributed by atoms with E-state index in [0.29, 0.717) is 35.8 Å². The lowest BCUT2D eigenvalue weighted by atomic mass is 9.98. The maximum Gasteiger partial charge on any atom is 0.336 e. The second kappa shape index (κ2) is 13.5. The number of aromatic nitrogens is 2. The summed E-state index contributed by atoms with van der Waals surface area (Å²) in [7, 11) is 1.58. The molecule has 0 bridgehead atoms. The van der Waals surface area contributed by atoms with Crippen molar-refractivity contribution in [2.75, 3.05) is 13.7 Å². The Morgan fingerprint density at radius 1 is 1.07 bits per heavy atom. The van der Waals surface area contributed by atoms with Gasteiger partial charge in [0.2, 0.25) is 0 Å². The van der Waals surface area contributed by atoms with Crippen molar-refractivity contribution in [1.29, 1.82) is 0 Å². The predicted octanol–water partition coefficient (Wildman–Crippen LogP) is 6.59. The van der Waals surface area contributed by atoms with Crippen molar-refractivity contribution in [3.63, 3.8) is 0 Å². The summed E-state index contributed by atoms with van der Waals surface area (Å²) < 4.78 is 19.5. The van der Waals surface area contributed by atoms with Gasteiger partial charge in [0.1, 0.15) is 23.9 Å². The Morgan fingerprint density at radius 3 is 2.64 bits per heavy atom. The van der Waals surface area contributed by atoms with Gasteiger partial charge in [0.15, 0.2) is 0 Å². The number of unbranched alkanes of at least 4 members (excludes halogenated alkanes) is 1. The molecule has 0 fully saturated rings. The number of aryl methyl sites for hydroxylation is 2. The molecule has 9 nitrogen and oxygen atoms in total. The van der Waals surface area contributed by atoms with Crippen LogP contribution in [-0.4, -0.2) is 45.6 Å². The summed E-state index contributed by atoms with van der Waals surface area (Å²) in [5.41, 5.74) is 5.71. The van der Waals surface area contributed by atoms with Crippen molar-refractivity contribution in [2.45, 2.75) is 52.7 Å². The zero-order valence-electron chi connectivity index (χ0n) is 25.1. The summed E-state index contributed by atoms with van der Waals surface area (Å²) in [5.74, 6) is -0.147. The zero-order chi connectivity index (χ0) is 31.2. The van der Waals surface area contributed by atoms with E-state index in [2.05, 4.69) is 12.0 Å². The first-order chi connectivity index (χ1) is 21.3. The minimum absolute atomic E-state index is 0.0494. The number of ether oxygens (including phenoxy) is 3. The largest absolute Gasteiger partial charge is 0.496 e. The highest BCUT2D eigenvalue weighted by molar-refractivity contribution is 5.94. The van der Waals surface area contributed by atoms with Crippen LogP contribution in [0.3, 0.4) is 0 Å². The minimum Gasteiger partial charge on any atom is -0.496 e. The van der Waals surface area contributed by atoms with Crippen molar-refractivity contribution in [3.8, 4) is 28.5 Å². The van der Waals surface area contributed by atoms with Gasteiger partial charge in [-0.05, 0) is 55.3 Å². The third-order valence-electron chi connectivity index (χ3n) is 7.69. The standard InChI is InChI=1S/C35H36N2O7/c1-4-5-13-37-33(29-11-10-22(2)15-32(29)44-21-24-8-6-7-9-28(24)35(40)41)27(20-36-37)17-26(34(38)39)16-25-19-31-23(12-14-43-31)18-30(25)42-3/h6-11,15,17-20H,4-5,12-14,16,21H2,1-3H3,(H,38,39)(H,40,41)/b26-17+. The summed E-state index contributed by atoms with van der Waals surface area (Å²) >= 11 is 0. The van der Waals surface area contributed by atoms with Gasteiger partial charge in [0, 0.05) is 52.8 Å². The molecular weight excluding hydrogens is 560 g/mol. The van der Waals surface area contributed by atoms with E-state index < -0.39 is 11.9 Å². The third-order valence-corrected chi connectivity index (χ3v) is 7.69. The van der Waals surface area contributed by atoms with Crippen LogP contribution in [-0.2, 0) is 30.8 Å². The number of rotatable bonds is 13. The number of hydrogen-bond donors (Lipinski definition) is 2. The van der Waals surface area contributed by atoms with Crippen molar-refractivity contribution >= 4 is 18.0 Å². The summed E-state index contributed by atoms with van der Waals surface area (Å²) in [6, 6.07) is 16.3.